The number of nitro groups is 1. The minimum absolute atomic E-state index is 0.132. The summed E-state index contributed by atoms with van der Waals surface area (Å²) in [6.45, 7) is 2.24. The molecule has 0 atom stereocenters. The molecule has 19 heavy (non-hydrogen) atoms. The van der Waals surface area contributed by atoms with Gasteiger partial charge < -0.3 is 5.32 Å². The molecule has 1 N–H and O–H groups in total. The largest absolute Gasteiger partial charge is 0.374 e. The smallest absolute Gasteiger partial charge is 0.293 e. The van der Waals surface area contributed by atoms with Gasteiger partial charge in [0, 0.05) is 17.0 Å². The van der Waals surface area contributed by atoms with Crippen molar-refractivity contribution >= 4 is 45.3 Å². The van der Waals surface area contributed by atoms with Gasteiger partial charge in [-0.2, -0.15) is 0 Å². The van der Waals surface area contributed by atoms with Crippen molar-refractivity contribution in [1.82, 2.24) is 4.98 Å². The summed E-state index contributed by atoms with van der Waals surface area (Å²) in [5, 5.41) is 13.8. The molecule has 1 aromatic carbocycles. The summed E-state index contributed by atoms with van der Waals surface area (Å²) in [5.41, 5.74) is 2.62. The molecule has 0 aliphatic carbocycles. The van der Waals surface area contributed by atoms with Crippen LogP contribution in [0.15, 0.2) is 17.6 Å². The van der Waals surface area contributed by atoms with Crippen LogP contribution in [0.4, 0.5) is 15.8 Å². The number of rotatable bonds is 4. The molecule has 1 aromatic heterocycles. The first-order valence-corrected chi connectivity index (χ1v) is 7.21. The number of thiazole rings is 1. The van der Waals surface area contributed by atoms with E-state index in [1.54, 1.807) is 28.1 Å². The predicted molar refractivity (Wildman–Crippen MR) is 79.9 cm³/mol. The third-order valence-corrected chi connectivity index (χ3v) is 4.28. The number of halogens is 2. The quantitative estimate of drug-likeness (QED) is 0.489. The Morgan fingerprint density at radius 2 is 2.32 bits per heavy atom. The van der Waals surface area contributed by atoms with E-state index in [1.807, 2.05) is 6.92 Å². The van der Waals surface area contributed by atoms with E-state index in [0.29, 0.717) is 6.54 Å². The number of nitro benzene ring substituents is 1. The van der Waals surface area contributed by atoms with E-state index in [1.165, 1.54) is 17.4 Å². The van der Waals surface area contributed by atoms with Crippen molar-refractivity contribution in [1.29, 1.82) is 0 Å². The van der Waals surface area contributed by atoms with Gasteiger partial charge in [-0.1, -0.05) is 0 Å². The maximum atomic E-state index is 13.5. The number of hydrogen-bond acceptors (Lipinski definition) is 5. The number of nitrogens with zero attached hydrogens (tertiary/aromatic N) is 2. The van der Waals surface area contributed by atoms with Crippen LogP contribution in [0.1, 0.15) is 10.6 Å². The van der Waals surface area contributed by atoms with E-state index < -0.39 is 10.7 Å². The van der Waals surface area contributed by atoms with Gasteiger partial charge in [-0.25, -0.2) is 9.37 Å². The van der Waals surface area contributed by atoms with Crippen molar-refractivity contribution in [2.24, 2.45) is 0 Å². The maximum Gasteiger partial charge on any atom is 0.293 e. The molecule has 2 aromatic rings. The molecular formula is C11H9FIN3O2S. The Kier molecular flexibility index (Phi) is 4.30. The first kappa shape index (κ1) is 14.1. The SMILES string of the molecule is Cc1ncsc1CNc1cc(F)c(I)cc1[N+](=O)[O-]. The summed E-state index contributed by atoms with van der Waals surface area (Å²) in [6, 6.07) is 2.37. The summed E-state index contributed by atoms with van der Waals surface area (Å²) in [7, 11) is 0. The number of hydrogen-bond donors (Lipinski definition) is 1. The van der Waals surface area contributed by atoms with E-state index in [0.717, 1.165) is 16.6 Å². The van der Waals surface area contributed by atoms with Gasteiger partial charge in [-0.05, 0) is 29.5 Å². The second-order valence-corrected chi connectivity index (χ2v) is 5.86. The van der Waals surface area contributed by atoms with Crippen LogP contribution in [0.5, 0.6) is 0 Å². The lowest BCUT2D eigenvalue weighted by molar-refractivity contribution is -0.384. The highest BCUT2D eigenvalue weighted by Crippen LogP contribution is 2.29. The molecule has 100 valence electrons. The Bertz CT molecular complexity index is 632. The minimum Gasteiger partial charge on any atom is -0.374 e. The summed E-state index contributed by atoms with van der Waals surface area (Å²) < 4.78 is 13.7. The highest BCUT2D eigenvalue weighted by molar-refractivity contribution is 14.1. The molecule has 0 amide bonds. The van der Waals surface area contributed by atoms with Crippen LogP contribution in [0.2, 0.25) is 0 Å². The highest BCUT2D eigenvalue weighted by Gasteiger charge is 2.17. The topological polar surface area (TPSA) is 68.1 Å². The van der Waals surface area contributed by atoms with Gasteiger partial charge in [0.25, 0.3) is 5.69 Å². The zero-order valence-electron chi connectivity index (χ0n) is 9.81. The van der Waals surface area contributed by atoms with Gasteiger partial charge in [-0.3, -0.25) is 10.1 Å². The maximum absolute atomic E-state index is 13.5. The van der Waals surface area contributed by atoms with Crippen molar-refractivity contribution in [3.63, 3.8) is 0 Å². The van der Waals surface area contributed by atoms with Gasteiger partial charge in [0.05, 0.1) is 26.2 Å². The summed E-state index contributed by atoms with van der Waals surface area (Å²) in [6.07, 6.45) is 0. The third kappa shape index (κ3) is 3.18. The molecule has 0 unspecified atom stereocenters. The molecule has 0 aliphatic heterocycles. The lowest BCUT2D eigenvalue weighted by atomic mass is 10.2. The van der Waals surface area contributed by atoms with Crippen LogP contribution in [0, 0.1) is 26.4 Å². The number of aromatic nitrogens is 1. The van der Waals surface area contributed by atoms with Crippen molar-refractivity contribution < 1.29 is 9.31 Å². The Balaban J connectivity index is 2.26. The Morgan fingerprint density at radius 1 is 1.58 bits per heavy atom. The second kappa shape index (κ2) is 5.78. The zero-order chi connectivity index (χ0) is 14.0. The summed E-state index contributed by atoms with van der Waals surface area (Å²) in [4.78, 5) is 15.5. The fraction of sp³-hybridized carbons (Fsp3) is 0.182. The van der Waals surface area contributed by atoms with Gasteiger partial charge in [0.1, 0.15) is 11.5 Å². The van der Waals surface area contributed by atoms with Crippen molar-refractivity contribution in [3.05, 3.63) is 47.7 Å². The first-order valence-electron chi connectivity index (χ1n) is 5.25. The third-order valence-electron chi connectivity index (χ3n) is 2.52. The molecule has 0 spiro atoms. The Morgan fingerprint density at radius 3 is 2.89 bits per heavy atom. The monoisotopic (exact) mass is 393 g/mol. The molecule has 0 saturated carbocycles. The molecule has 2 rings (SSSR count). The summed E-state index contributed by atoms with van der Waals surface area (Å²) in [5.74, 6) is -0.477. The molecule has 1 heterocycles. The van der Waals surface area contributed by atoms with Gasteiger partial charge >= 0.3 is 0 Å². The zero-order valence-corrected chi connectivity index (χ0v) is 12.8. The molecular weight excluding hydrogens is 384 g/mol. The average molecular weight is 393 g/mol. The fourth-order valence-corrected chi connectivity index (χ4v) is 2.67. The van der Waals surface area contributed by atoms with Gasteiger partial charge in [0.15, 0.2) is 0 Å². The molecule has 8 heteroatoms. The number of nitrogens with one attached hydrogen (secondary N) is 1. The minimum atomic E-state index is -0.524. The van der Waals surface area contributed by atoms with Crippen LogP contribution < -0.4 is 5.32 Å². The molecule has 0 bridgehead atoms. The van der Waals surface area contributed by atoms with Gasteiger partial charge in [-0.15, -0.1) is 11.3 Å². The normalized spacial score (nSPS) is 10.5. The van der Waals surface area contributed by atoms with E-state index in [4.69, 9.17) is 0 Å². The van der Waals surface area contributed by atoms with Crippen LogP contribution >= 0.6 is 33.9 Å². The Hall–Kier alpha value is -1.29. The van der Waals surface area contributed by atoms with E-state index >= 15 is 0 Å². The molecule has 0 fully saturated rings. The van der Waals surface area contributed by atoms with E-state index in [-0.39, 0.29) is 14.9 Å². The van der Waals surface area contributed by atoms with Crippen LogP contribution in [0.25, 0.3) is 0 Å². The number of anilines is 1. The standard InChI is InChI=1S/C11H9FIN3O2S/c1-6-11(19-5-15-6)4-14-9-2-7(12)8(13)3-10(9)16(17)18/h2-3,5,14H,4H2,1H3. The lowest BCUT2D eigenvalue weighted by Gasteiger charge is -2.07. The fourth-order valence-electron chi connectivity index (χ4n) is 1.50. The second-order valence-electron chi connectivity index (χ2n) is 3.76. The molecule has 0 saturated heterocycles. The predicted octanol–water partition coefficient (Wildman–Crippen LogP) is 3.72. The first-order chi connectivity index (χ1) is 8.99. The van der Waals surface area contributed by atoms with Crippen LogP contribution in [0.3, 0.4) is 0 Å². The van der Waals surface area contributed by atoms with Crippen molar-refractivity contribution in [3.8, 4) is 0 Å². The van der Waals surface area contributed by atoms with Crippen LogP contribution in [-0.2, 0) is 6.54 Å². The van der Waals surface area contributed by atoms with Gasteiger partial charge in [0.2, 0.25) is 0 Å². The van der Waals surface area contributed by atoms with E-state index in [9.17, 15) is 14.5 Å². The van der Waals surface area contributed by atoms with E-state index in [2.05, 4.69) is 10.3 Å². The lowest BCUT2D eigenvalue weighted by Crippen LogP contribution is -2.04. The number of benzene rings is 1. The molecule has 5 nitrogen and oxygen atoms in total. The average Bonchev–Trinajstić information content (AvgIpc) is 2.75. The van der Waals surface area contributed by atoms with Crippen molar-refractivity contribution in [2.75, 3.05) is 5.32 Å². The Labute approximate surface area is 126 Å². The van der Waals surface area contributed by atoms with Crippen molar-refractivity contribution in [2.45, 2.75) is 13.5 Å². The highest BCUT2D eigenvalue weighted by atomic mass is 127. The molecule has 0 radical (unpaired) electrons. The summed E-state index contributed by atoms with van der Waals surface area (Å²) >= 11 is 3.18. The molecule has 0 aliphatic rings. The number of aryl methyl sites for hydroxylation is 1. The van der Waals surface area contributed by atoms with Crippen LogP contribution in [-0.4, -0.2) is 9.91 Å².